The summed E-state index contributed by atoms with van der Waals surface area (Å²) in [6, 6.07) is 10.0. The summed E-state index contributed by atoms with van der Waals surface area (Å²) in [5, 5.41) is 13.4. The first-order chi connectivity index (χ1) is 14.2. The fourth-order valence-electron chi connectivity index (χ4n) is 2.75. The Hall–Kier alpha value is -3.24. The summed E-state index contributed by atoms with van der Waals surface area (Å²) in [6.45, 7) is 4.12. The van der Waals surface area contributed by atoms with Gasteiger partial charge in [-0.25, -0.2) is 8.42 Å². The summed E-state index contributed by atoms with van der Waals surface area (Å²) in [5.41, 5.74) is 0.581. The predicted molar refractivity (Wildman–Crippen MR) is 114 cm³/mol. The van der Waals surface area contributed by atoms with Crippen molar-refractivity contribution < 1.29 is 22.9 Å². The van der Waals surface area contributed by atoms with E-state index in [0.29, 0.717) is 24.4 Å². The SMILES string of the molecule is CCN(CC)S(=O)(=O)c1ccc(OC)c(NC(=O)C=Cc2cccc([N+](=O)[O-])c2)c1. The average Bonchev–Trinajstić information content (AvgIpc) is 2.73. The molecule has 0 bridgehead atoms. The number of nitrogens with zero attached hydrogens (tertiary/aromatic N) is 2. The molecule has 0 heterocycles. The number of anilines is 1. The van der Waals surface area contributed by atoms with Gasteiger partial charge in [-0.15, -0.1) is 0 Å². The normalized spacial score (nSPS) is 11.6. The third kappa shape index (κ3) is 5.43. The van der Waals surface area contributed by atoms with E-state index in [-0.39, 0.29) is 16.3 Å². The number of nitro benzene ring substituents is 1. The first kappa shape index (κ1) is 23.0. The van der Waals surface area contributed by atoms with Crippen LogP contribution in [0.2, 0.25) is 0 Å². The van der Waals surface area contributed by atoms with Gasteiger partial charge in [-0.1, -0.05) is 26.0 Å². The van der Waals surface area contributed by atoms with Gasteiger partial charge in [0.2, 0.25) is 15.9 Å². The number of nitrogens with one attached hydrogen (secondary N) is 1. The predicted octanol–water partition coefficient (Wildman–Crippen LogP) is 3.29. The van der Waals surface area contributed by atoms with E-state index in [0.717, 1.165) is 0 Å². The largest absolute Gasteiger partial charge is 0.495 e. The molecule has 0 atom stereocenters. The van der Waals surface area contributed by atoms with Crippen LogP contribution < -0.4 is 10.1 Å². The number of benzene rings is 2. The number of hydrogen-bond donors (Lipinski definition) is 1. The second-order valence-corrected chi connectivity index (χ2v) is 8.06. The number of hydrogen-bond acceptors (Lipinski definition) is 6. The zero-order valence-corrected chi connectivity index (χ0v) is 17.7. The summed E-state index contributed by atoms with van der Waals surface area (Å²) in [4.78, 5) is 22.7. The van der Waals surface area contributed by atoms with Crippen LogP contribution >= 0.6 is 0 Å². The highest BCUT2D eigenvalue weighted by Crippen LogP contribution is 2.29. The molecule has 0 saturated carbocycles. The van der Waals surface area contributed by atoms with Crippen molar-refractivity contribution in [3.63, 3.8) is 0 Å². The Morgan fingerprint density at radius 1 is 1.20 bits per heavy atom. The van der Waals surface area contributed by atoms with Crippen LogP contribution in [0.1, 0.15) is 19.4 Å². The maximum absolute atomic E-state index is 12.7. The van der Waals surface area contributed by atoms with Crippen molar-refractivity contribution >= 4 is 33.4 Å². The first-order valence-corrected chi connectivity index (χ1v) is 10.6. The van der Waals surface area contributed by atoms with Gasteiger partial charge in [0.15, 0.2) is 0 Å². The van der Waals surface area contributed by atoms with Crippen LogP contribution in [-0.4, -0.2) is 43.8 Å². The van der Waals surface area contributed by atoms with Crippen molar-refractivity contribution in [3.05, 3.63) is 64.2 Å². The van der Waals surface area contributed by atoms with Crippen molar-refractivity contribution in [2.24, 2.45) is 0 Å². The molecule has 2 rings (SSSR count). The van der Waals surface area contributed by atoms with Gasteiger partial charge < -0.3 is 10.1 Å². The Balaban J connectivity index is 2.27. The molecular formula is C20H23N3O6S. The molecule has 9 nitrogen and oxygen atoms in total. The van der Waals surface area contributed by atoms with Gasteiger partial charge in [-0.3, -0.25) is 14.9 Å². The van der Waals surface area contributed by atoms with Crippen LogP contribution in [0.5, 0.6) is 5.75 Å². The molecular weight excluding hydrogens is 410 g/mol. The van der Waals surface area contributed by atoms with Crippen LogP contribution in [0, 0.1) is 10.1 Å². The lowest BCUT2D eigenvalue weighted by molar-refractivity contribution is -0.384. The minimum absolute atomic E-state index is 0.0324. The quantitative estimate of drug-likeness (QED) is 0.368. The first-order valence-electron chi connectivity index (χ1n) is 9.14. The van der Waals surface area contributed by atoms with Crippen molar-refractivity contribution in [2.45, 2.75) is 18.7 Å². The fraction of sp³-hybridized carbons (Fsp3) is 0.250. The van der Waals surface area contributed by atoms with E-state index in [9.17, 15) is 23.3 Å². The van der Waals surface area contributed by atoms with Crippen LogP contribution in [0.4, 0.5) is 11.4 Å². The minimum Gasteiger partial charge on any atom is -0.495 e. The molecule has 1 N–H and O–H groups in total. The smallest absolute Gasteiger partial charge is 0.270 e. The lowest BCUT2D eigenvalue weighted by atomic mass is 10.2. The van der Waals surface area contributed by atoms with Gasteiger partial charge in [0, 0.05) is 31.3 Å². The van der Waals surface area contributed by atoms with Crippen molar-refractivity contribution in [1.29, 1.82) is 0 Å². The molecule has 0 fully saturated rings. The van der Waals surface area contributed by atoms with E-state index in [1.807, 2.05) is 0 Å². The van der Waals surface area contributed by atoms with Crippen LogP contribution in [0.3, 0.4) is 0 Å². The number of carbonyl (C=O) groups is 1. The van der Waals surface area contributed by atoms with E-state index in [2.05, 4.69) is 5.32 Å². The lowest BCUT2D eigenvalue weighted by Crippen LogP contribution is -2.30. The van der Waals surface area contributed by atoms with Gasteiger partial charge >= 0.3 is 0 Å². The molecule has 0 aliphatic heterocycles. The molecule has 2 aromatic carbocycles. The van der Waals surface area contributed by atoms with Gasteiger partial charge in [-0.05, 0) is 29.8 Å². The number of ether oxygens (including phenoxy) is 1. The topological polar surface area (TPSA) is 119 Å². The highest BCUT2D eigenvalue weighted by Gasteiger charge is 2.23. The van der Waals surface area contributed by atoms with Gasteiger partial charge in [0.1, 0.15) is 5.75 Å². The fourth-order valence-corrected chi connectivity index (χ4v) is 4.23. The second kappa shape index (κ2) is 9.99. The summed E-state index contributed by atoms with van der Waals surface area (Å²) in [5.74, 6) is -0.247. The molecule has 0 spiro atoms. The van der Waals surface area contributed by atoms with Crippen molar-refractivity contribution in [3.8, 4) is 5.75 Å². The number of non-ortho nitro benzene ring substituents is 1. The molecule has 0 radical (unpaired) electrons. The highest BCUT2D eigenvalue weighted by atomic mass is 32.2. The molecule has 160 valence electrons. The van der Waals surface area contributed by atoms with Crippen molar-refractivity contribution in [2.75, 3.05) is 25.5 Å². The van der Waals surface area contributed by atoms with Crippen LogP contribution in [0.15, 0.2) is 53.4 Å². The number of sulfonamides is 1. The molecule has 0 saturated heterocycles. The monoisotopic (exact) mass is 433 g/mol. The Labute approximate surface area is 175 Å². The third-order valence-corrected chi connectivity index (χ3v) is 6.33. The molecule has 1 amide bonds. The minimum atomic E-state index is -3.71. The maximum atomic E-state index is 12.7. The molecule has 0 aliphatic rings. The Morgan fingerprint density at radius 3 is 2.50 bits per heavy atom. The Bertz CT molecular complexity index is 1060. The average molecular weight is 433 g/mol. The highest BCUT2D eigenvalue weighted by molar-refractivity contribution is 7.89. The summed E-state index contributed by atoms with van der Waals surface area (Å²) in [6.07, 6.45) is 2.62. The Kier molecular flexibility index (Phi) is 7.67. The molecule has 10 heteroatoms. The summed E-state index contributed by atoms with van der Waals surface area (Å²) in [7, 11) is -2.30. The van der Waals surface area contributed by atoms with E-state index in [1.54, 1.807) is 19.9 Å². The molecule has 0 aromatic heterocycles. The molecule has 2 aromatic rings. The number of methoxy groups -OCH3 is 1. The standard InChI is InChI=1S/C20H23N3O6S/c1-4-22(5-2)30(27,28)17-10-11-19(29-3)18(14-17)21-20(24)12-9-15-7-6-8-16(13-15)23(25)26/h6-14H,4-5H2,1-3H3,(H,21,24). The summed E-state index contributed by atoms with van der Waals surface area (Å²) < 4.78 is 32.0. The lowest BCUT2D eigenvalue weighted by Gasteiger charge is -2.19. The molecule has 0 unspecified atom stereocenters. The maximum Gasteiger partial charge on any atom is 0.270 e. The molecule has 0 aliphatic carbocycles. The summed E-state index contributed by atoms with van der Waals surface area (Å²) >= 11 is 0. The number of rotatable bonds is 9. The van der Waals surface area contributed by atoms with Crippen LogP contribution in [-0.2, 0) is 14.8 Å². The third-order valence-electron chi connectivity index (χ3n) is 4.28. The zero-order chi connectivity index (χ0) is 22.3. The second-order valence-electron chi connectivity index (χ2n) is 6.13. The van der Waals surface area contributed by atoms with Gasteiger partial charge in [-0.2, -0.15) is 4.31 Å². The van der Waals surface area contributed by atoms with E-state index in [4.69, 9.17) is 4.74 Å². The number of nitro groups is 1. The van der Waals surface area contributed by atoms with E-state index >= 15 is 0 Å². The number of carbonyl (C=O) groups excluding carboxylic acids is 1. The van der Waals surface area contributed by atoms with Crippen molar-refractivity contribution in [1.82, 2.24) is 4.31 Å². The molecule has 30 heavy (non-hydrogen) atoms. The van der Waals surface area contributed by atoms with Crippen LogP contribution in [0.25, 0.3) is 6.08 Å². The van der Waals surface area contributed by atoms with Gasteiger partial charge in [0.05, 0.1) is 22.6 Å². The van der Waals surface area contributed by atoms with Gasteiger partial charge in [0.25, 0.3) is 5.69 Å². The Morgan fingerprint density at radius 2 is 1.90 bits per heavy atom. The van der Waals surface area contributed by atoms with E-state index < -0.39 is 20.9 Å². The van der Waals surface area contributed by atoms with E-state index in [1.165, 1.54) is 60.0 Å². The number of amides is 1. The zero-order valence-electron chi connectivity index (χ0n) is 16.9.